The van der Waals surface area contributed by atoms with Crippen molar-refractivity contribution in [1.82, 2.24) is 0 Å². The number of oxime groups is 1. The van der Waals surface area contributed by atoms with Crippen LogP contribution in [0.3, 0.4) is 0 Å². The van der Waals surface area contributed by atoms with Crippen molar-refractivity contribution in [2.75, 3.05) is 17.2 Å². The number of cyclic esters (lactones) is 1. The highest BCUT2D eigenvalue weighted by atomic mass is 32.3. The molecule has 0 bridgehead atoms. The Morgan fingerprint density at radius 2 is 1.88 bits per heavy atom. The molecule has 2 aromatic carbocycles. The molecule has 0 fully saturated rings. The molecule has 11 nitrogen and oxygen atoms in total. The first-order valence-corrected chi connectivity index (χ1v) is 11.7. The molecule has 0 unspecified atom stereocenters. The van der Waals surface area contributed by atoms with E-state index in [2.05, 4.69) is 20.1 Å². The average Bonchev–Trinajstić information content (AvgIpc) is 2.73. The molecule has 182 valence electrons. The number of fused-ring (bicyclic) bond motifs is 1. The van der Waals surface area contributed by atoms with E-state index in [0.717, 1.165) is 5.56 Å². The van der Waals surface area contributed by atoms with Crippen LogP contribution in [0.25, 0.3) is 0 Å². The number of anilines is 2. The van der Waals surface area contributed by atoms with Crippen molar-refractivity contribution in [3.05, 3.63) is 48.0 Å². The fourth-order valence-electron chi connectivity index (χ4n) is 3.07. The Bertz CT molecular complexity index is 1180. The summed E-state index contributed by atoms with van der Waals surface area (Å²) in [6.45, 7) is 5.30. The van der Waals surface area contributed by atoms with Crippen LogP contribution in [0.5, 0.6) is 11.5 Å². The third-order valence-corrected chi connectivity index (χ3v) is 5.22. The van der Waals surface area contributed by atoms with Crippen LogP contribution in [0.4, 0.5) is 16.2 Å². The summed E-state index contributed by atoms with van der Waals surface area (Å²) in [5.41, 5.74) is 1.19. The molecule has 0 aromatic heterocycles. The fraction of sp³-hybridized carbons (Fsp3) is 0.318. The topological polar surface area (TPSA) is 142 Å². The van der Waals surface area contributed by atoms with E-state index in [1.807, 2.05) is 0 Å². The van der Waals surface area contributed by atoms with E-state index in [9.17, 15) is 18.0 Å². The molecule has 0 saturated heterocycles. The maximum atomic E-state index is 11.8. The maximum absolute atomic E-state index is 11.8. The summed E-state index contributed by atoms with van der Waals surface area (Å²) in [6, 6.07) is 11.0. The van der Waals surface area contributed by atoms with E-state index < -0.39 is 22.1 Å². The summed E-state index contributed by atoms with van der Waals surface area (Å²) in [4.78, 5) is 22.6. The Morgan fingerprint density at radius 1 is 1.18 bits per heavy atom. The molecule has 3 rings (SSSR count). The van der Waals surface area contributed by atoms with Crippen molar-refractivity contribution >= 4 is 40.0 Å². The Kier molecular flexibility index (Phi) is 7.61. The van der Waals surface area contributed by atoms with Crippen LogP contribution in [0, 0.1) is 0 Å². The number of unbranched alkanes of at least 4 members (excludes halogenated alkanes) is 1. The summed E-state index contributed by atoms with van der Waals surface area (Å²) in [7, 11) is -4.39. The van der Waals surface area contributed by atoms with Gasteiger partial charge in [0.2, 0.25) is 5.91 Å². The van der Waals surface area contributed by atoms with Crippen molar-refractivity contribution in [3.63, 3.8) is 0 Å². The van der Waals surface area contributed by atoms with Gasteiger partial charge in [-0.3, -0.25) is 10.1 Å². The second-order valence-corrected chi connectivity index (χ2v) is 8.91. The van der Waals surface area contributed by atoms with Gasteiger partial charge in [-0.25, -0.2) is 9.08 Å². The summed E-state index contributed by atoms with van der Waals surface area (Å²) >= 11 is 0. The van der Waals surface area contributed by atoms with E-state index in [-0.39, 0.29) is 11.7 Å². The molecular weight excluding hydrogens is 466 g/mol. The number of carbonyl (C=O) groups excluding carboxylic acids is 2. The zero-order chi connectivity index (χ0) is 24.8. The molecule has 12 heteroatoms. The molecule has 34 heavy (non-hydrogen) atoms. The predicted molar refractivity (Wildman–Crippen MR) is 124 cm³/mol. The third-order valence-electron chi connectivity index (χ3n) is 4.55. The van der Waals surface area contributed by atoms with Gasteiger partial charge in [0.15, 0.2) is 0 Å². The molecule has 1 aliphatic rings. The maximum Gasteiger partial charge on any atom is 0.521 e. The molecule has 2 aromatic rings. The summed E-state index contributed by atoms with van der Waals surface area (Å²) in [5.74, 6) is 0.372. The second kappa shape index (κ2) is 10.4. The largest absolute Gasteiger partial charge is 0.521 e. The van der Waals surface area contributed by atoms with E-state index in [4.69, 9.17) is 13.7 Å². The second-order valence-electron chi connectivity index (χ2n) is 7.78. The van der Waals surface area contributed by atoms with E-state index in [0.29, 0.717) is 36.6 Å². The molecule has 2 amide bonds. The Morgan fingerprint density at radius 3 is 2.59 bits per heavy atom. The van der Waals surface area contributed by atoms with Gasteiger partial charge < -0.3 is 19.0 Å². The standard InChI is InChI=1S/C22H25N3O8S/c1-15(26)24-16-6-8-17(9-7-16)32-34(28,29)33-23-12-4-5-13-30-18-10-11-20-19(14-18)22(2,3)31-21(27)25-20/h6-12,14H,4-5,13H2,1-3H3,(H,24,26)(H,25,27). The van der Waals surface area contributed by atoms with Gasteiger partial charge in [0.1, 0.15) is 17.1 Å². The summed E-state index contributed by atoms with van der Waals surface area (Å²) in [6.07, 6.45) is 1.74. The Balaban J connectivity index is 1.40. The lowest BCUT2D eigenvalue weighted by Crippen LogP contribution is -2.34. The SMILES string of the molecule is CC(=O)Nc1ccc(OS(=O)(=O)ON=CCCCOc2ccc3c(c2)C(C)(C)OC(=O)N3)cc1. The van der Waals surface area contributed by atoms with E-state index in [1.165, 1.54) is 37.4 Å². The highest BCUT2D eigenvalue weighted by molar-refractivity contribution is 7.82. The summed E-state index contributed by atoms with van der Waals surface area (Å²) < 4.78 is 43.9. The minimum Gasteiger partial charge on any atom is -0.494 e. The van der Waals surface area contributed by atoms with Crippen molar-refractivity contribution in [1.29, 1.82) is 0 Å². The van der Waals surface area contributed by atoms with Crippen molar-refractivity contribution in [2.24, 2.45) is 5.16 Å². The van der Waals surface area contributed by atoms with Gasteiger partial charge in [-0.1, -0.05) is 5.16 Å². The molecule has 0 spiro atoms. The number of ether oxygens (including phenoxy) is 2. The Labute approximate surface area is 197 Å². The van der Waals surface area contributed by atoms with Gasteiger partial charge in [0, 0.05) is 24.4 Å². The van der Waals surface area contributed by atoms with Crippen LogP contribution in [0.2, 0.25) is 0 Å². The first-order valence-electron chi connectivity index (χ1n) is 10.3. The van der Waals surface area contributed by atoms with Crippen LogP contribution in [0.1, 0.15) is 39.2 Å². The lowest BCUT2D eigenvalue weighted by atomic mass is 9.94. The van der Waals surface area contributed by atoms with Gasteiger partial charge in [-0.05, 0) is 69.2 Å². The van der Waals surface area contributed by atoms with E-state index in [1.54, 1.807) is 32.0 Å². The van der Waals surface area contributed by atoms with Crippen LogP contribution >= 0.6 is 0 Å². The molecule has 0 radical (unpaired) electrons. The Hall–Kier alpha value is -3.80. The van der Waals surface area contributed by atoms with Crippen molar-refractivity contribution < 1.29 is 35.9 Å². The lowest BCUT2D eigenvalue weighted by molar-refractivity contribution is -0.114. The number of carbonyl (C=O) groups is 2. The molecule has 0 saturated carbocycles. The van der Waals surface area contributed by atoms with Crippen LogP contribution in [-0.4, -0.2) is 33.2 Å². The van der Waals surface area contributed by atoms with Gasteiger partial charge in [-0.2, -0.15) is 0 Å². The van der Waals surface area contributed by atoms with Gasteiger partial charge >= 0.3 is 16.5 Å². The van der Waals surface area contributed by atoms with E-state index >= 15 is 0 Å². The van der Waals surface area contributed by atoms with Gasteiger partial charge in [0.05, 0.1) is 12.3 Å². The number of hydrogen-bond acceptors (Lipinski definition) is 9. The molecule has 2 N–H and O–H groups in total. The van der Waals surface area contributed by atoms with Crippen molar-refractivity contribution in [2.45, 2.75) is 39.2 Å². The zero-order valence-electron chi connectivity index (χ0n) is 18.9. The highest BCUT2D eigenvalue weighted by Gasteiger charge is 2.33. The monoisotopic (exact) mass is 491 g/mol. The van der Waals surface area contributed by atoms with Gasteiger partial charge in [-0.15, -0.1) is 8.42 Å². The zero-order valence-corrected chi connectivity index (χ0v) is 19.7. The van der Waals surface area contributed by atoms with Crippen LogP contribution in [0.15, 0.2) is 47.6 Å². The quantitative estimate of drug-likeness (QED) is 0.289. The lowest BCUT2D eigenvalue weighted by Gasteiger charge is -2.32. The minimum atomic E-state index is -4.39. The average molecular weight is 492 g/mol. The number of hydrogen-bond donors (Lipinski definition) is 2. The summed E-state index contributed by atoms with van der Waals surface area (Å²) in [5, 5.41) is 8.62. The third kappa shape index (κ3) is 7.10. The number of rotatable bonds is 10. The number of benzene rings is 2. The number of nitrogens with zero attached hydrogens (tertiary/aromatic N) is 1. The predicted octanol–water partition coefficient (Wildman–Crippen LogP) is 3.93. The van der Waals surface area contributed by atoms with Gasteiger partial charge in [0.25, 0.3) is 0 Å². The minimum absolute atomic E-state index is 0.0101. The molecule has 1 aliphatic heterocycles. The molecular formula is C22H25N3O8S. The van der Waals surface area contributed by atoms with Crippen LogP contribution < -0.4 is 19.6 Å². The first kappa shape index (κ1) is 24.8. The number of nitrogens with one attached hydrogen (secondary N) is 2. The smallest absolute Gasteiger partial charge is 0.494 e. The van der Waals surface area contributed by atoms with Crippen LogP contribution in [-0.2, 0) is 29.8 Å². The number of amides is 2. The first-order chi connectivity index (χ1) is 16.0. The molecule has 0 aliphatic carbocycles. The van der Waals surface area contributed by atoms with Crippen molar-refractivity contribution in [3.8, 4) is 11.5 Å². The normalized spacial score (nSPS) is 14.5. The highest BCUT2D eigenvalue weighted by Crippen LogP contribution is 2.37. The molecule has 1 heterocycles. The molecule has 0 atom stereocenters. The fourth-order valence-corrected chi connectivity index (χ4v) is 3.62.